The molecule has 1 aliphatic rings. The maximum Gasteiger partial charge on any atom is 0.328 e. The highest BCUT2D eigenvalue weighted by atomic mass is 16.5. The fourth-order valence-corrected chi connectivity index (χ4v) is 4.99. The summed E-state index contributed by atoms with van der Waals surface area (Å²) in [6.07, 6.45) is 0.779. The van der Waals surface area contributed by atoms with Crippen molar-refractivity contribution in [2.24, 2.45) is 0 Å². The van der Waals surface area contributed by atoms with Gasteiger partial charge in [-0.2, -0.15) is 0 Å². The molecule has 1 fully saturated rings. The lowest BCUT2D eigenvalue weighted by molar-refractivity contribution is -0.149. The van der Waals surface area contributed by atoms with Crippen molar-refractivity contribution in [2.75, 3.05) is 21.3 Å². The zero-order chi connectivity index (χ0) is 25.9. The molecule has 0 unspecified atom stereocenters. The van der Waals surface area contributed by atoms with Crippen LogP contribution in [0, 0.1) is 0 Å². The molecule has 1 aliphatic heterocycles. The van der Waals surface area contributed by atoms with Crippen LogP contribution in [-0.4, -0.2) is 44.1 Å². The van der Waals surface area contributed by atoms with Gasteiger partial charge in [0.05, 0.1) is 21.3 Å². The maximum atomic E-state index is 12.7. The first kappa shape index (κ1) is 24.4. The smallest absolute Gasteiger partial charge is 0.328 e. The Morgan fingerprint density at radius 1 is 0.892 bits per heavy atom. The molecular formula is C30H29NO6. The van der Waals surface area contributed by atoms with Gasteiger partial charge in [0.25, 0.3) is 0 Å². The third-order valence-electron chi connectivity index (χ3n) is 6.90. The largest absolute Gasteiger partial charge is 0.493 e. The van der Waals surface area contributed by atoms with Crippen LogP contribution in [0.4, 0.5) is 0 Å². The number of methoxy groups -OCH3 is 3. The van der Waals surface area contributed by atoms with Crippen molar-refractivity contribution >= 4 is 33.4 Å². The number of esters is 1. The van der Waals surface area contributed by atoms with Gasteiger partial charge in [-0.1, -0.05) is 36.4 Å². The van der Waals surface area contributed by atoms with Gasteiger partial charge < -0.3 is 23.8 Å². The standard InChI is InChI=1S/C30H29NO6/c1-34-27-15-24-21(17-31-26(30(33)36-3)11-12-29(31)32)13-20-9-10-22(37-18-19-7-5-4-6-8-19)14-23(20)25(24)16-28(27)35-2/h4-10,13-16,26H,11-12,17-18H2,1-3H3/t26-/m0/s1. The molecule has 1 amide bonds. The lowest BCUT2D eigenvalue weighted by Crippen LogP contribution is -2.38. The maximum absolute atomic E-state index is 12.7. The number of likely N-dealkylation sites (tertiary alicyclic amines) is 1. The van der Waals surface area contributed by atoms with E-state index in [2.05, 4.69) is 6.07 Å². The van der Waals surface area contributed by atoms with Crippen LogP contribution in [0.1, 0.15) is 24.0 Å². The minimum atomic E-state index is -0.586. The number of amides is 1. The molecule has 7 nitrogen and oxygen atoms in total. The van der Waals surface area contributed by atoms with Gasteiger partial charge >= 0.3 is 5.97 Å². The first-order valence-electron chi connectivity index (χ1n) is 12.2. The molecule has 0 aliphatic carbocycles. The normalized spacial score (nSPS) is 15.3. The molecule has 4 aromatic carbocycles. The molecule has 7 heteroatoms. The number of benzene rings is 4. The minimum Gasteiger partial charge on any atom is -0.493 e. The van der Waals surface area contributed by atoms with Crippen molar-refractivity contribution in [3.63, 3.8) is 0 Å². The van der Waals surface area contributed by atoms with Crippen molar-refractivity contribution in [3.05, 3.63) is 77.9 Å². The number of nitrogens with zero attached hydrogens (tertiary/aromatic N) is 1. The van der Waals surface area contributed by atoms with Crippen molar-refractivity contribution in [1.29, 1.82) is 0 Å². The van der Waals surface area contributed by atoms with Crippen molar-refractivity contribution < 1.29 is 28.5 Å². The van der Waals surface area contributed by atoms with Gasteiger partial charge in [-0.05, 0) is 69.4 Å². The van der Waals surface area contributed by atoms with Crippen LogP contribution in [0.5, 0.6) is 17.2 Å². The molecule has 0 spiro atoms. The number of carbonyl (C=O) groups is 2. The third-order valence-corrected chi connectivity index (χ3v) is 6.90. The molecule has 1 heterocycles. The number of rotatable bonds is 8. The van der Waals surface area contributed by atoms with E-state index in [0.29, 0.717) is 30.9 Å². The van der Waals surface area contributed by atoms with E-state index in [-0.39, 0.29) is 12.5 Å². The van der Waals surface area contributed by atoms with Crippen LogP contribution in [-0.2, 0) is 27.5 Å². The molecule has 4 aromatic rings. The average Bonchev–Trinajstić information content (AvgIpc) is 3.30. The van der Waals surface area contributed by atoms with Crippen molar-refractivity contribution in [2.45, 2.75) is 32.0 Å². The Kier molecular flexibility index (Phi) is 6.86. The van der Waals surface area contributed by atoms with E-state index < -0.39 is 12.0 Å². The summed E-state index contributed by atoms with van der Waals surface area (Å²) in [5, 5.41) is 3.83. The van der Waals surface area contributed by atoms with E-state index in [0.717, 1.165) is 38.4 Å². The molecule has 37 heavy (non-hydrogen) atoms. The van der Waals surface area contributed by atoms with E-state index in [1.54, 1.807) is 19.1 Å². The Balaban J connectivity index is 1.60. The Labute approximate surface area is 215 Å². The first-order valence-corrected chi connectivity index (χ1v) is 12.2. The Morgan fingerprint density at radius 2 is 1.62 bits per heavy atom. The Hall–Kier alpha value is -4.26. The Morgan fingerprint density at radius 3 is 2.32 bits per heavy atom. The van der Waals surface area contributed by atoms with Gasteiger partial charge in [0.2, 0.25) is 5.91 Å². The minimum absolute atomic E-state index is 0.0613. The summed E-state index contributed by atoms with van der Waals surface area (Å²) in [7, 11) is 4.55. The molecule has 0 radical (unpaired) electrons. The summed E-state index contributed by atoms with van der Waals surface area (Å²) < 4.78 is 22.2. The van der Waals surface area contributed by atoms with Crippen LogP contribution in [0.15, 0.2) is 66.7 Å². The fourth-order valence-electron chi connectivity index (χ4n) is 4.99. The van der Waals surface area contributed by atoms with E-state index in [9.17, 15) is 9.59 Å². The number of carbonyl (C=O) groups excluding carboxylic acids is 2. The highest BCUT2D eigenvalue weighted by Gasteiger charge is 2.37. The monoisotopic (exact) mass is 499 g/mol. The molecular weight excluding hydrogens is 470 g/mol. The van der Waals surface area contributed by atoms with Crippen molar-refractivity contribution in [1.82, 2.24) is 4.90 Å². The second-order valence-corrected chi connectivity index (χ2v) is 9.04. The summed E-state index contributed by atoms with van der Waals surface area (Å²) in [6, 6.07) is 21.3. The number of hydrogen-bond donors (Lipinski definition) is 0. The molecule has 0 aromatic heterocycles. The average molecular weight is 500 g/mol. The summed E-state index contributed by atoms with van der Waals surface area (Å²) in [6.45, 7) is 0.748. The highest BCUT2D eigenvalue weighted by Crippen LogP contribution is 2.39. The number of ether oxygens (including phenoxy) is 4. The van der Waals surface area contributed by atoms with Crippen LogP contribution >= 0.6 is 0 Å². The molecule has 190 valence electrons. The molecule has 1 saturated heterocycles. The molecule has 1 atom stereocenters. The van der Waals surface area contributed by atoms with Gasteiger partial charge in [-0.25, -0.2) is 4.79 Å². The predicted molar refractivity (Wildman–Crippen MR) is 141 cm³/mol. The summed E-state index contributed by atoms with van der Waals surface area (Å²) in [4.78, 5) is 26.7. The Bertz CT molecular complexity index is 1470. The molecule has 0 saturated carbocycles. The van der Waals surface area contributed by atoms with Crippen LogP contribution in [0.3, 0.4) is 0 Å². The second-order valence-electron chi connectivity index (χ2n) is 9.04. The van der Waals surface area contributed by atoms with E-state index in [1.807, 2.05) is 60.7 Å². The molecule has 0 bridgehead atoms. The number of hydrogen-bond acceptors (Lipinski definition) is 6. The van der Waals surface area contributed by atoms with E-state index in [4.69, 9.17) is 18.9 Å². The molecule has 0 N–H and O–H groups in total. The fraction of sp³-hybridized carbons (Fsp3) is 0.267. The van der Waals surface area contributed by atoms with Crippen LogP contribution in [0.2, 0.25) is 0 Å². The quantitative estimate of drug-likeness (QED) is 0.243. The van der Waals surface area contributed by atoms with Gasteiger partial charge in [0, 0.05) is 13.0 Å². The zero-order valence-electron chi connectivity index (χ0n) is 21.2. The van der Waals surface area contributed by atoms with Gasteiger partial charge in [-0.3, -0.25) is 4.79 Å². The zero-order valence-corrected chi connectivity index (χ0v) is 21.2. The van der Waals surface area contributed by atoms with E-state index >= 15 is 0 Å². The van der Waals surface area contributed by atoms with E-state index in [1.165, 1.54) is 7.11 Å². The lowest BCUT2D eigenvalue weighted by Gasteiger charge is -2.24. The lowest BCUT2D eigenvalue weighted by atomic mass is 9.96. The first-order chi connectivity index (χ1) is 18.0. The topological polar surface area (TPSA) is 74.3 Å². The third kappa shape index (κ3) is 4.77. The van der Waals surface area contributed by atoms with Gasteiger partial charge in [-0.15, -0.1) is 0 Å². The SMILES string of the molecule is COC(=O)[C@@H]1CCC(=O)N1Cc1cc2ccc(OCc3ccccc3)cc2c2cc(OC)c(OC)cc12. The van der Waals surface area contributed by atoms with Crippen molar-refractivity contribution in [3.8, 4) is 17.2 Å². The number of fused-ring (bicyclic) bond motifs is 3. The predicted octanol–water partition coefficient (Wildman–Crippen LogP) is 5.25. The summed E-state index contributed by atoms with van der Waals surface area (Å²) in [5.41, 5.74) is 2.00. The summed E-state index contributed by atoms with van der Waals surface area (Å²) in [5.74, 6) is 1.49. The van der Waals surface area contributed by atoms with Crippen LogP contribution < -0.4 is 14.2 Å². The van der Waals surface area contributed by atoms with Crippen LogP contribution in [0.25, 0.3) is 21.5 Å². The van der Waals surface area contributed by atoms with Gasteiger partial charge in [0.15, 0.2) is 11.5 Å². The van der Waals surface area contributed by atoms with Gasteiger partial charge in [0.1, 0.15) is 18.4 Å². The highest BCUT2D eigenvalue weighted by molar-refractivity contribution is 6.10. The second kappa shape index (κ2) is 10.4. The molecule has 5 rings (SSSR count). The summed E-state index contributed by atoms with van der Waals surface area (Å²) >= 11 is 0.